The number of amides is 1. The molecule has 2 aromatic carbocycles. The molecule has 0 spiro atoms. The molecule has 1 fully saturated rings. The second-order valence-corrected chi connectivity index (χ2v) is 8.50. The molecule has 0 bridgehead atoms. The molecule has 1 saturated heterocycles. The van der Waals surface area contributed by atoms with Gasteiger partial charge in [-0.1, -0.05) is 23.7 Å². The van der Waals surface area contributed by atoms with Gasteiger partial charge in [0.25, 0.3) is 5.91 Å². The van der Waals surface area contributed by atoms with Crippen molar-refractivity contribution in [1.29, 1.82) is 0 Å². The lowest BCUT2D eigenvalue weighted by molar-refractivity contribution is 0.0433. The Labute approximate surface area is 184 Å². The summed E-state index contributed by atoms with van der Waals surface area (Å²) in [6.07, 6.45) is 2.49. The summed E-state index contributed by atoms with van der Waals surface area (Å²) in [4.78, 5) is 15.2. The van der Waals surface area contributed by atoms with Crippen LogP contribution in [0.4, 0.5) is 8.78 Å². The maximum Gasteiger partial charge on any atom is 0.253 e. The van der Waals surface area contributed by atoms with Crippen molar-refractivity contribution in [3.05, 3.63) is 58.9 Å². The van der Waals surface area contributed by atoms with E-state index in [1.807, 2.05) is 30.5 Å². The minimum Gasteiger partial charge on any atom is -0.491 e. The van der Waals surface area contributed by atoms with E-state index in [1.165, 1.54) is 18.2 Å². The van der Waals surface area contributed by atoms with E-state index in [9.17, 15) is 9.18 Å². The van der Waals surface area contributed by atoms with E-state index in [2.05, 4.69) is 5.32 Å². The number of carbonyl (C=O) groups is 1. The van der Waals surface area contributed by atoms with E-state index in [0.717, 1.165) is 10.6 Å². The van der Waals surface area contributed by atoms with Crippen molar-refractivity contribution in [2.24, 2.45) is 0 Å². The Morgan fingerprint density at radius 1 is 1.27 bits per heavy atom. The minimum absolute atomic E-state index is 0.0933. The predicted molar refractivity (Wildman–Crippen MR) is 117 cm³/mol. The third-order valence-electron chi connectivity index (χ3n) is 5.16. The van der Waals surface area contributed by atoms with Crippen molar-refractivity contribution in [1.82, 2.24) is 10.2 Å². The number of alkyl halides is 1. The van der Waals surface area contributed by atoms with Gasteiger partial charge in [0.15, 0.2) is 0 Å². The maximum atomic E-state index is 15.1. The quantitative estimate of drug-likeness (QED) is 0.459. The third-order valence-corrected chi connectivity index (χ3v) is 6.23. The number of halogens is 3. The molecule has 8 heteroatoms. The summed E-state index contributed by atoms with van der Waals surface area (Å²) in [6, 6.07) is 11.7. The Bertz CT molecular complexity index is 876. The van der Waals surface area contributed by atoms with Crippen molar-refractivity contribution in [3.8, 4) is 5.75 Å². The zero-order valence-electron chi connectivity index (χ0n) is 16.8. The molecule has 1 N–H and O–H groups in total. The number of likely N-dealkylation sites (tertiary alicyclic amines) is 1. The van der Waals surface area contributed by atoms with Crippen molar-refractivity contribution in [2.75, 3.05) is 39.0 Å². The van der Waals surface area contributed by atoms with E-state index in [0.29, 0.717) is 31.8 Å². The van der Waals surface area contributed by atoms with E-state index in [1.54, 1.807) is 16.7 Å². The second kappa shape index (κ2) is 10.5. The fourth-order valence-corrected chi connectivity index (χ4v) is 4.11. The fraction of sp³-hybridized carbons (Fsp3) is 0.409. The third kappa shape index (κ3) is 5.86. The molecule has 2 aromatic rings. The SMILES string of the molecule is CSc1ccccc1OCCNCC1(F)CCN(C(=O)c2ccc(F)c(Cl)c2)CC1. The van der Waals surface area contributed by atoms with Crippen molar-refractivity contribution in [3.63, 3.8) is 0 Å². The van der Waals surface area contributed by atoms with Crippen LogP contribution in [0.3, 0.4) is 0 Å². The summed E-state index contributed by atoms with van der Waals surface area (Å²) in [5.74, 6) is 0.00359. The van der Waals surface area contributed by atoms with Crippen molar-refractivity contribution >= 4 is 29.3 Å². The van der Waals surface area contributed by atoms with Gasteiger partial charge >= 0.3 is 0 Å². The highest BCUT2D eigenvalue weighted by Crippen LogP contribution is 2.28. The topological polar surface area (TPSA) is 41.6 Å². The van der Waals surface area contributed by atoms with Gasteiger partial charge in [0, 0.05) is 49.5 Å². The average molecular weight is 455 g/mol. The van der Waals surface area contributed by atoms with E-state index in [-0.39, 0.29) is 30.3 Å². The summed E-state index contributed by atoms with van der Waals surface area (Å²) < 4.78 is 34.1. The van der Waals surface area contributed by atoms with Gasteiger partial charge in [0.2, 0.25) is 0 Å². The standard InChI is InChI=1S/C22H25ClF2N2O2S/c1-30-20-5-3-2-4-19(20)29-13-10-26-15-22(25)8-11-27(12-9-22)21(28)16-6-7-18(24)17(23)14-16/h2-7,14,26H,8-13,15H2,1H3. The molecule has 0 aromatic heterocycles. The lowest BCUT2D eigenvalue weighted by atomic mass is 9.93. The number of piperidine rings is 1. The molecule has 1 amide bonds. The van der Waals surface area contributed by atoms with Gasteiger partial charge in [-0.15, -0.1) is 11.8 Å². The Morgan fingerprint density at radius 2 is 2.00 bits per heavy atom. The number of benzene rings is 2. The Hall–Kier alpha value is -1.83. The monoisotopic (exact) mass is 454 g/mol. The Balaban J connectivity index is 1.41. The fourth-order valence-electron chi connectivity index (χ4n) is 3.38. The molecule has 1 aliphatic heterocycles. The van der Waals surface area contributed by atoms with Crippen LogP contribution >= 0.6 is 23.4 Å². The number of thioether (sulfide) groups is 1. The smallest absolute Gasteiger partial charge is 0.253 e. The highest BCUT2D eigenvalue weighted by Gasteiger charge is 2.35. The lowest BCUT2D eigenvalue weighted by Gasteiger charge is -2.36. The van der Waals surface area contributed by atoms with Gasteiger partial charge in [-0.2, -0.15) is 0 Å². The van der Waals surface area contributed by atoms with Crippen molar-refractivity contribution in [2.45, 2.75) is 23.4 Å². The van der Waals surface area contributed by atoms with Crippen LogP contribution in [0.25, 0.3) is 0 Å². The maximum absolute atomic E-state index is 15.1. The largest absolute Gasteiger partial charge is 0.491 e. The molecule has 1 heterocycles. The molecule has 0 unspecified atom stereocenters. The van der Waals surface area contributed by atoms with Gasteiger partial charge in [-0.3, -0.25) is 4.79 Å². The number of rotatable bonds is 8. The number of ether oxygens (including phenoxy) is 1. The molecule has 3 rings (SSSR count). The zero-order chi connectivity index (χ0) is 21.6. The minimum atomic E-state index is -1.37. The molecule has 4 nitrogen and oxygen atoms in total. The first-order valence-corrected chi connectivity index (χ1v) is 11.4. The summed E-state index contributed by atoms with van der Waals surface area (Å²) in [7, 11) is 0. The van der Waals surface area contributed by atoms with Gasteiger partial charge in [-0.25, -0.2) is 8.78 Å². The molecular weight excluding hydrogens is 430 g/mol. The van der Waals surface area contributed by atoms with Gasteiger partial charge in [0.1, 0.15) is 23.8 Å². The van der Waals surface area contributed by atoms with Gasteiger partial charge in [-0.05, 0) is 36.6 Å². The molecule has 30 heavy (non-hydrogen) atoms. The summed E-state index contributed by atoms with van der Waals surface area (Å²) in [5, 5.41) is 3.03. The van der Waals surface area contributed by atoms with E-state index >= 15 is 4.39 Å². The zero-order valence-corrected chi connectivity index (χ0v) is 18.4. The molecule has 0 atom stereocenters. The predicted octanol–water partition coefficient (Wildman–Crippen LogP) is 4.81. The van der Waals surface area contributed by atoms with Crippen LogP contribution < -0.4 is 10.1 Å². The molecule has 0 saturated carbocycles. The van der Waals surface area contributed by atoms with E-state index in [4.69, 9.17) is 16.3 Å². The van der Waals surface area contributed by atoms with Crippen LogP contribution in [0.2, 0.25) is 5.02 Å². The highest BCUT2D eigenvalue weighted by molar-refractivity contribution is 7.98. The molecule has 1 aliphatic rings. The van der Waals surface area contributed by atoms with Crippen LogP contribution in [0.15, 0.2) is 47.4 Å². The summed E-state index contributed by atoms with van der Waals surface area (Å²) in [5.41, 5.74) is -1.05. The first-order valence-electron chi connectivity index (χ1n) is 9.82. The average Bonchev–Trinajstić information content (AvgIpc) is 2.76. The normalized spacial score (nSPS) is 15.8. The first-order chi connectivity index (χ1) is 14.4. The van der Waals surface area contributed by atoms with Crippen molar-refractivity contribution < 1.29 is 18.3 Å². The van der Waals surface area contributed by atoms with E-state index < -0.39 is 11.5 Å². The molecule has 162 valence electrons. The van der Waals surface area contributed by atoms with Crippen LogP contribution in [0.1, 0.15) is 23.2 Å². The number of carbonyl (C=O) groups excluding carboxylic acids is 1. The summed E-state index contributed by atoms with van der Waals surface area (Å²) in [6.45, 7) is 1.81. The Morgan fingerprint density at radius 3 is 2.70 bits per heavy atom. The van der Waals surface area contributed by atoms with Gasteiger partial charge < -0.3 is 15.0 Å². The molecule has 0 radical (unpaired) electrons. The number of hydrogen-bond donors (Lipinski definition) is 1. The lowest BCUT2D eigenvalue weighted by Crippen LogP contribution is -2.49. The van der Waals surface area contributed by atoms with Crippen LogP contribution in [0.5, 0.6) is 5.75 Å². The van der Waals surface area contributed by atoms with Crippen LogP contribution in [-0.2, 0) is 0 Å². The molecule has 0 aliphatic carbocycles. The second-order valence-electron chi connectivity index (χ2n) is 7.25. The number of nitrogens with zero attached hydrogens (tertiary/aromatic N) is 1. The number of nitrogens with one attached hydrogen (secondary N) is 1. The highest BCUT2D eigenvalue weighted by atomic mass is 35.5. The Kier molecular flexibility index (Phi) is 7.97. The number of hydrogen-bond acceptors (Lipinski definition) is 4. The molecular formula is C22H25ClF2N2O2S. The van der Waals surface area contributed by atoms with Crippen LogP contribution in [-0.4, -0.2) is 55.5 Å². The first kappa shape index (κ1) is 22.8. The summed E-state index contributed by atoms with van der Waals surface area (Å²) >= 11 is 7.38. The van der Waals surface area contributed by atoms with Crippen LogP contribution in [0, 0.1) is 5.82 Å². The number of para-hydroxylation sites is 1. The van der Waals surface area contributed by atoms with Gasteiger partial charge in [0.05, 0.1) is 5.02 Å².